The second kappa shape index (κ2) is 4.96. The van der Waals surface area contributed by atoms with Crippen molar-refractivity contribution < 1.29 is 23.2 Å². The van der Waals surface area contributed by atoms with Crippen LogP contribution in [-0.2, 0) is 14.9 Å². The Morgan fingerprint density at radius 1 is 1.50 bits per heavy atom. The number of sulfonamides is 1. The molecule has 0 bridgehead atoms. The molecule has 1 saturated heterocycles. The van der Waals surface area contributed by atoms with Gasteiger partial charge in [0.05, 0.1) is 11.5 Å². The molecule has 0 aliphatic carbocycles. The van der Waals surface area contributed by atoms with E-state index in [0.717, 1.165) is 28.6 Å². The third-order valence-electron chi connectivity index (χ3n) is 2.60. The average Bonchev–Trinajstić information content (AvgIpc) is 2.73. The summed E-state index contributed by atoms with van der Waals surface area (Å²) in [6.07, 6.45) is 1.57. The second-order valence-corrected chi connectivity index (χ2v) is 6.96. The standard InChI is InChI=1S/C10H13NO5S2/c1-7-9(6-8(17-7)10(12)13)18(14,15)11-4-2-3-5-16-11/h6H,2-5H2,1H3,(H,12,13). The molecule has 1 N–H and O–H groups in total. The summed E-state index contributed by atoms with van der Waals surface area (Å²) in [6.45, 7) is 2.27. The van der Waals surface area contributed by atoms with E-state index in [-0.39, 0.29) is 9.77 Å². The molecule has 0 amide bonds. The first kappa shape index (κ1) is 13.5. The normalized spacial score (nSPS) is 17.8. The number of nitrogens with zero attached hydrogens (tertiary/aromatic N) is 1. The van der Waals surface area contributed by atoms with Crippen LogP contribution in [0.4, 0.5) is 0 Å². The molecule has 0 radical (unpaired) electrons. The summed E-state index contributed by atoms with van der Waals surface area (Å²) in [5.74, 6) is -1.12. The molecule has 0 atom stereocenters. The van der Waals surface area contributed by atoms with Crippen molar-refractivity contribution in [3.63, 3.8) is 0 Å². The third-order valence-corrected chi connectivity index (χ3v) is 5.57. The van der Waals surface area contributed by atoms with Crippen LogP contribution in [0, 0.1) is 6.92 Å². The summed E-state index contributed by atoms with van der Waals surface area (Å²) in [5.41, 5.74) is 0. The van der Waals surface area contributed by atoms with Crippen LogP contribution in [0.1, 0.15) is 27.4 Å². The summed E-state index contributed by atoms with van der Waals surface area (Å²) >= 11 is 0.952. The average molecular weight is 291 g/mol. The Morgan fingerprint density at radius 3 is 2.72 bits per heavy atom. The molecule has 1 aromatic rings. The fourth-order valence-electron chi connectivity index (χ4n) is 1.70. The largest absolute Gasteiger partial charge is 0.477 e. The Labute approximate surface area is 109 Å². The fourth-order valence-corrected chi connectivity index (χ4v) is 4.40. The van der Waals surface area contributed by atoms with E-state index in [9.17, 15) is 13.2 Å². The fraction of sp³-hybridized carbons (Fsp3) is 0.500. The van der Waals surface area contributed by atoms with E-state index in [1.807, 2.05) is 0 Å². The molecule has 6 nitrogen and oxygen atoms in total. The van der Waals surface area contributed by atoms with E-state index in [1.54, 1.807) is 6.92 Å². The lowest BCUT2D eigenvalue weighted by Gasteiger charge is -2.25. The van der Waals surface area contributed by atoms with E-state index >= 15 is 0 Å². The smallest absolute Gasteiger partial charge is 0.345 e. The van der Waals surface area contributed by atoms with Crippen LogP contribution >= 0.6 is 11.3 Å². The molecule has 1 fully saturated rings. The van der Waals surface area contributed by atoms with Crippen LogP contribution in [0.5, 0.6) is 0 Å². The highest BCUT2D eigenvalue weighted by atomic mass is 32.2. The summed E-state index contributed by atoms with van der Waals surface area (Å²) in [7, 11) is -3.75. The molecule has 0 aromatic carbocycles. The van der Waals surface area contributed by atoms with Gasteiger partial charge in [0.1, 0.15) is 4.88 Å². The van der Waals surface area contributed by atoms with E-state index in [4.69, 9.17) is 9.94 Å². The Morgan fingerprint density at radius 2 is 2.22 bits per heavy atom. The van der Waals surface area contributed by atoms with Gasteiger partial charge in [-0.2, -0.15) is 0 Å². The number of hydroxylamine groups is 1. The van der Waals surface area contributed by atoms with Crippen molar-refractivity contribution in [1.82, 2.24) is 4.47 Å². The molecule has 1 aromatic heterocycles. The minimum atomic E-state index is -3.75. The van der Waals surface area contributed by atoms with Crippen molar-refractivity contribution in [3.05, 3.63) is 15.8 Å². The molecular weight excluding hydrogens is 278 g/mol. The van der Waals surface area contributed by atoms with Crippen LogP contribution in [0.25, 0.3) is 0 Å². The number of thiophene rings is 1. The highest BCUT2D eigenvalue weighted by Crippen LogP contribution is 2.29. The molecule has 0 spiro atoms. The first-order chi connectivity index (χ1) is 8.43. The number of aryl methyl sites for hydroxylation is 1. The number of aromatic carboxylic acids is 1. The number of carboxylic acid groups (broad SMARTS) is 1. The predicted octanol–water partition coefficient (Wildman–Crippen LogP) is 1.47. The number of hydrogen-bond donors (Lipinski definition) is 1. The molecule has 0 unspecified atom stereocenters. The Bertz CT molecular complexity index is 557. The maximum Gasteiger partial charge on any atom is 0.345 e. The van der Waals surface area contributed by atoms with Crippen molar-refractivity contribution in [2.45, 2.75) is 24.7 Å². The van der Waals surface area contributed by atoms with Gasteiger partial charge >= 0.3 is 5.97 Å². The number of carboxylic acids is 1. The van der Waals surface area contributed by atoms with Gasteiger partial charge in [0.15, 0.2) is 0 Å². The molecule has 0 saturated carbocycles. The van der Waals surface area contributed by atoms with Crippen LogP contribution in [0.2, 0.25) is 0 Å². The Hall–Kier alpha value is -0.960. The molecule has 100 valence electrons. The molecule has 2 rings (SSSR count). The zero-order chi connectivity index (χ0) is 13.3. The molecular formula is C10H13NO5S2. The van der Waals surface area contributed by atoms with Crippen molar-refractivity contribution in [3.8, 4) is 0 Å². The van der Waals surface area contributed by atoms with Crippen LogP contribution in [0.15, 0.2) is 11.0 Å². The van der Waals surface area contributed by atoms with Gasteiger partial charge in [-0.05, 0) is 25.8 Å². The topological polar surface area (TPSA) is 83.9 Å². The van der Waals surface area contributed by atoms with Gasteiger partial charge in [0.25, 0.3) is 10.0 Å². The second-order valence-electron chi connectivity index (χ2n) is 3.91. The molecule has 2 heterocycles. The summed E-state index contributed by atoms with van der Waals surface area (Å²) in [5, 5.41) is 8.87. The first-order valence-corrected chi connectivity index (χ1v) is 7.68. The predicted molar refractivity (Wildman–Crippen MR) is 65.1 cm³/mol. The van der Waals surface area contributed by atoms with Gasteiger partial charge in [-0.3, -0.25) is 4.84 Å². The van der Waals surface area contributed by atoms with Gasteiger partial charge in [0, 0.05) is 11.4 Å². The van der Waals surface area contributed by atoms with Gasteiger partial charge in [-0.1, -0.05) is 4.47 Å². The minimum absolute atomic E-state index is 0.0167. The maximum absolute atomic E-state index is 12.3. The van der Waals surface area contributed by atoms with E-state index in [1.165, 1.54) is 6.07 Å². The molecule has 18 heavy (non-hydrogen) atoms. The van der Waals surface area contributed by atoms with Gasteiger partial charge in [0.2, 0.25) is 0 Å². The maximum atomic E-state index is 12.3. The van der Waals surface area contributed by atoms with Gasteiger partial charge < -0.3 is 5.11 Å². The molecule has 8 heteroatoms. The third kappa shape index (κ3) is 2.41. The van der Waals surface area contributed by atoms with E-state index < -0.39 is 16.0 Å². The van der Waals surface area contributed by atoms with Crippen LogP contribution < -0.4 is 0 Å². The Kier molecular flexibility index (Phi) is 3.71. The number of carbonyl (C=O) groups is 1. The molecule has 1 aliphatic heterocycles. The Balaban J connectivity index is 2.37. The van der Waals surface area contributed by atoms with Crippen molar-refractivity contribution in [2.75, 3.05) is 13.2 Å². The van der Waals surface area contributed by atoms with Crippen molar-refractivity contribution >= 4 is 27.3 Å². The SMILES string of the molecule is Cc1sc(C(=O)O)cc1S(=O)(=O)N1CCCCO1. The lowest BCUT2D eigenvalue weighted by molar-refractivity contribution is -0.108. The first-order valence-electron chi connectivity index (χ1n) is 5.42. The highest BCUT2D eigenvalue weighted by Gasteiger charge is 2.30. The van der Waals surface area contributed by atoms with Crippen LogP contribution in [-0.4, -0.2) is 37.1 Å². The van der Waals surface area contributed by atoms with E-state index in [0.29, 0.717) is 18.0 Å². The van der Waals surface area contributed by atoms with E-state index in [2.05, 4.69) is 0 Å². The summed E-state index contributed by atoms with van der Waals surface area (Å²) in [6, 6.07) is 1.19. The summed E-state index contributed by atoms with van der Waals surface area (Å²) < 4.78 is 25.5. The highest BCUT2D eigenvalue weighted by molar-refractivity contribution is 7.89. The van der Waals surface area contributed by atoms with Crippen LogP contribution in [0.3, 0.4) is 0 Å². The quantitative estimate of drug-likeness (QED) is 0.911. The lowest BCUT2D eigenvalue weighted by Crippen LogP contribution is -2.35. The van der Waals surface area contributed by atoms with Gasteiger partial charge in [-0.25, -0.2) is 13.2 Å². The summed E-state index contributed by atoms with van der Waals surface area (Å²) in [4.78, 5) is 16.5. The lowest BCUT2D eigenvalue weighted by atomic mass is 10.3. The zero-order valence-corrected chi connectivity index (χ0v) is 11.4. The minimum Gasteiger partial charge on any atom is -0.477 e. The number of rotatable bonds is 3. The monoisotopic (exact) mass is 291 g/mol. The molecule has 1 aliphatic rings. The zero-order valence-electron chi connectivity index (χ0n) is 9.75. The van der Waals surface area contributed by atoms with Crippen molar-refractivity contribution in [2.24, 2.45) is 0 Å². The number of hydrogen-bond acceptors (Lipinski definition) is 5. The van der Waals surface area contributed by atoms with Gasteiger partial charge in [-0.15, -0.1) is 11.3 Å². The van der Waals surface area contributed by atoms with Crippen molar-refractivity contribution in [1.29, 1.82) is 0 Å².